The minimum atomic E-state index is -0.309. The van der Waals surface area contributed by atoms with Crippen LogP contribution in [0.3, 0.4) is 0 Å². The SMILES string of the molecule is CCC(CCC(C)C1CCC2C3CC=C4C(C)(C)C(OC(=O)C=Cc5ccc(O)c(OC)c5)CCC4(C)C3CCC12C)C(C)C. The number of hydrogen-bond acceptors (Lipinski definition) is 4. The summed E-state index contributed by atoms with van der Waals surface area (Å²) in [6, 6.07) is 5.06. The van der Waals surface area contributed by atoms with Crippen molar-refractivity contribution in [1.82, 2.24) is 0 Å². The molecule has 4 nitrogen and oxygen atoms in total. The molecule has 1 aromatic rings. The van der Waals surface area contributed by atoms with Crippen LogP contribution in [-0.4, -0.2) is 24.3 Å². The van der Waals surface area contributed by atoms with Crippen molar-refractivity contribution < 1.29 is 19.4 Å². The Morgan fingerprint density at radius 3 is 2.47 bits per heavy atom. The third-order valence-corrected chi connectivity index (χ3v) is 14.0. The van der Waals surface area contributed by atoms with Crippen molar-refractivity contribution in [3.05, 3.63) is 41.5 Å². The molecule has 0 heterocycles. The number of aromatic hydroxyl groups is 1. The Hall–Kier alpha value is -2.23. The summed E-state index contributed by atoms with van der Waals surface area (Å²) in [7, 11) is 1.52. The zero-order valence-corrected chi connectivity index (χ0v) is 29.8. The molecule has 0 spiro atoms. The first-order chi connectivity index (χ1) is 21.3. The average Bonchev–Trinajstić information content (AvgIpc) is 3.35. The molecular formula is C41H62O4. The third-order valence-electron chi connectivity index (χ3n) is 14.0. The first-order valence-corrected chi connectivity index (χ1v) is 18.2. The zero-order chi connectivity index (χ0) is 32.7. The van der Waals surface area contributed by atoms with Crippen LogP contribution in [0.1, 0.15) is 125 Å². The molecule has 1 N–H and O–H groups in total. The summed E-state index contributed by atoms with van der Waals surface area (Å²) in [6.45, 7) is 19.6. The molecule has 9 atom stereocenters. The van der Waals surface area contributed by atoms with Gasteiger partial charge in [0, 0.05) is 11.5 Å². The maximum absolute atomic E-state index is 13.0. The van der Waals surface area contributed by atoms with Crippen molar-refractivity contribution in [3.8, 4) is 11.5 Å². The van der Waals surface area contributed by atoms with Crippen LogP contribution in [0.5, 0.6) is 11.5 Å². The van der Waals surface area contributed by atoms with Crippen molar-refractivity contribution in [2.45, 2.75) is 126 Å². The zero-order valence-electron chi connectivity index (χ0n) is 29.8. The molecule has 0 aliphatic heterocycles. The summed E-state index contributed by atoms with van der Waals surface area (Å²) in [4.78, 5) is 13.0. The Bertz CT molecular complexity index is 1270. The van der Waals surface area contributed by atoms with E-state index in [1.54, 1.807) is 29.8 Å². The minimum absolute atomic E-state index is 0.0827. The number of phenolic OH excluding ortho intramolecular Hbond substituents is 1. The van der Waals surface area contributed by atoms with Crippen LogP contribution in [0.4, 0.5) is 0 Å². The van der Waals surface area contributed by atoms with Crippen molar-refractivity contribution in [2.24, 2.45) is 57.7 Å². The van der Waals surface area contributed by atoms with Gasteiger partial charge in [-0.25, -0.2) is 4.79 Å². The smallest absolute Gasteiger partial charge is 0.331 e. The van der Waals surface area contributed by atoms with Gasteiger partial charge in [0.1, 0.15) is 6.10 Å². The van der Waals surface area contributed by atoms with E-state index in [1.165, 1.54) is 64.6 Å². The van der Waals surface area contributed by atoms with Gasteiger partial charge >= 0.3 is 5.97 Å². The number of ether oxygens (including phenoxy) is 2. The number of hydrogen-bond donors (Lipinski definition) is 1. The predicted molar refractivity (Wildman–Crippen MR) is 185 cm³/mol. The lowest BCUT2D eigenvalue weighted by molar-refractivity contribution is -0.153. The molecule has 0 amide bonds. The Labute approximate surface area is 274 Å². The van der Waals surface area contributed by atoms with Gasteiger partial charge in [0.2, 0.25) is 0 Å². The van der Waals surface area contributed by atoms with Crippen LogP contribution in [0.2, 0.25) is 0 Å². The molecule has 3 fully saturated rings. The van der Waals surface area contributed by atoms with E-state index in [4.69, 9.17) is 9.47 Å². The fraction of sp³-hybridized carbons (Fsp3) is 0.732. The lowest BCUT2D eigenvalue weighted by Gasteiger charge is -2.61. The Morgan fingerprint density at radius 1 is 1.02 bits per heavy atom. The first kappa shape index (κ1) is 34.1. The third kappa shape index (κ3) is 6.26. The highest BCUT2D eigenvalue weighted by atomic mass is 16.5. The highest BCUT2D eigenvalue weighted by molar-refractivity contribution is 5.87. The maximum Gasteiger partial charge on any atom is 0.331 e. The number of methoxy groups -OCH3 is 1. The van der Waals surface area contributed by atoms with E-state index in [9.17, 15) is 9.90 Å². The summed E-state index contributed by atoms with van der Waals surface area (Å²) in [5.41, 5.74) is 2.80. The lowest BCUT2D eigenvalue weighted by Crippen LogP contribution is -2.55. The van der Waals surface area contributed by atoms with Gasteiger partial charge in [0.05, 0.1) is 7.11 Å². The Kier molecular flexibility index (Phi) is 9.94. The van der Waals surface area contributed by atoms with Crippen molar-refractivity contribution in [1.29, 1.82) is 0 Å². The molecule has 250 valence electrons. The van der Waals surface area contributed by atoms with Gasteiger partial charge < -0.3 is 14.6 Å². The van der Waals surface area contributed by atoms with Crippen LogP contribution < -0.4 is 4.74 Å². The predicted octanol–water partition coefficient (Wildman–Crippen LogP) is 10.6. The van der Waals surface area contributed by atoms with Crippen molar-refractivity contribution in [3.63, 3.8) is 0 Å². The monoisotopic (exact) mass is 618 g/mol. The van der Waals surface area contributed by atoms with E-state index in [2.05, 4.69) is 61.5 Å². The quantitative estimate of drug-likeness (QED) is 0.161. The molecule has 45 heavy (non-hydrogen) atoms. The number of carbonyl (C=O) groups excluding carboxylic acids is 1. The molecule has 0 radical (unpaired) electrons. The fourth-order valence-electron chi connectivity index (χ4n) is 11.4. The van der Waals surface area contributed by atoms with Crippen LogP contribution in [0, 0.1) is 57.7 Å². The van der Waals surface area contributed by atoms with Crippen LogP contribution >= 0.6 is 0 Å². The first-order valence-electron chi connectivity index (χ1n) is 18.2. The highest BCUT2D eigenvalue weighted by Crippen LogP contribution is 2.69. The van der Waals surface area contributed by atoms with Crippen LogP contribution in [0.15, 0.2) is 35.9 Å². The Balaban J connectivity index is 1.27. The van der Waals surface area contributed by atoms with E-state index in [-0.39, 0.29) is 28.7 Å². The molecule has 0 aromatic heterocycles. The summed E-state index contributed by atoms with van der Waals surface area (Å²) in [5, 5.41) is 9.88. The average molecular weight is 619 g/mol. The van der Waals surface area contributed by atoms with Crippen molar-refractivity contribution in [2.75, 3.05) is 7.11 Å². The summed E-state index contributed by atoms with van der Waals surface area (Å²) >= 11 is 0. The topological polar surface area (TPSA) is 55.8 Å². The van der Waals surface area contributed by atoms with E-state index in [1.807, 2.05) is 0 Å². The van der Waals surface area contributed by atoms with E-state index < -0.39 is 0 Å². The molecular weight excluding hydrogens is 556 g/mol. The van der Waals surface area contributed by atoms with Crippen LogP contribution in [0.25, 0.3) is 6.08 Å². The fourth-order valence-corrected chi connectivity index (χ4v) is 11.4. The van der Waals surface area contributed by atoms with E-state index in [0.29, 0.717) is 11.2 Å². The lowest BCUT2D eigenvalue weighted by atomic mass is 9.44. The minimum Gasteiger partial charge on any atom is -0.504 e. The summed E-state index contributed by atoms with van der Waals surface area (Å²) < 4.78 is 11.4. The molecule has 1 aromatic carbocycles. The number of esters is 1. The van der Waals surface area contributed by atoms with Gasteiger partial charge in [-0.2, -0.15) is 0 Å². The van der Waals surface area contributed by atoms with Crippen LogP contribution in [-0.2, 0) is 9.53 Å². The molecule has 0 saturated heterocycles. The van der Waals surface area contributed by atoms with Gasteiger partial charge in [0.15, 0.2) is 11.5 Å². The summed E-state index contributed by atoms with van der Waals surface area (Å²) in [6.07, 6.45) is 18.6. The number of rotatable bonds is 10. The van der Waals surface area contributed by atoms with Crippen molar-refractivity contribution >= 4 is 12.0 Å². The molecule has 4 heteroatoms. The number of benzene rings is 1. The molecule has 9 unspecified atom stereocenters. The number of carbonyl (C=O) groups is 1. The molecule has 4 aliphatic carbocycles. The standard InChI is InChI=1S/C41H62O4/c1-10-29(26(2)3)14-11-27(4)31-16-17-32-30-15-19-36-39(5,6)37(22-24-41(36,8)33(30)21-23-40(31,32)7)45-38(43)20-13-28-12-18-34(42)35(25-28)44-9/h12-13,18-20,25-27,29-33,37,42H,10-11,14-17,21-24H2,1-9H3. The second kappa shape index (κ2) is 13.1. The number of fused-ring (bicyclic) bond motifs is 5. The second-order valence-corrected chi connectivity index (χ2v) is 16.8. The molecule has 5 rings (SSSR count). The van der Waals surface area contributed by atoms with Gasteiger partial charge in [-0.05, 0) is 127 Å². The normalized spacial score (nSPS) is 35.2. The molecule has 3 saturated carbocycles. The number of allylic oxidation sites excluding steroid dienone is 1. The second-order valence-electron chi connectivity index (χ2n) is 16.8. The van der Waals surface area contributed by atoms with Gasteiger partial charge in [-0.15, -0.1) is 0 Å². The van der Waals surface area contributed by atoms with E-state index in [0.717, 1.165) is 59.8 Å². The summed E-state index contributed by atoms with van der Waals surface area (Å²) in [5.74, 6) is 5.87. The number of phenols is 1. The molecule has 4 aliphatic rings. The van der Waals surface area contributed by atoms with Gasteiger partial charge in [-0.3, -0.25) is 0 Å². The Morgan fingerprint density at radius 2 is 1.78 bits per heavy atom. The maximum atomic E-state index is 13.0. The molecule has 0 bridgehead atoms. The largest absolute Gasteiger partial charge is 0.504 e. The van der Waals surface area contributed by atoms with E-state index >= 15 is 0 Å². The highest BCUT2D eigenvalue weighted by Gasteiger charge is 2.61. The van der Waals surface area contributed by atoms with Gasteiger partial charge in [-0.1, -0.05) is 85.9 Å². The van der Waals surface area contributed by atoms with Gasteiger partial charge in [0.25, 0.3) is 0 Å².